The Labute approximate surface area is 852 Å². The van der Waals surface area contributed by atoms with Gasteiger partial charge in [-0.25, -0.2) is 39.5 Å². The fourth-order valence-electron chi connectivity index (χ4n) is 13.3. The predicted octanol–water partition coefficient (Wildman–Crippen LogP) is 10.0. The summed E-state index contributed by atoms with van der Waals surface area (Å²) in [6.45, 7) is 8.97. The number of aromatic nitrogens is 18. The van der Waals surface area contributed by atoms with Crippen LogP contribution < -0.4 is 110 Å². The van der Waals surface area contributed by atoms with Crippen LogP contribution in [0.5, 0.6) is 0 Å². The van der Waals surface area contributed by atoms with Crippen LogP contribution in [0.2, 0.25) is 0 Å². The van der Waals surface area contributed by atoms with Gasteiger partial charge in [-0.15, -0.1) is 51.0 Å². The van der Waals surface area contributed by atoms with Crippen molar-refractivity contribution >= 4 is 168 Å². The van der Waals surface area contributed by atoms with Gasteiger partial charge in [-0.05, 0) is 178 Å². The number of H-pyrrole nitrogens is 1. The van der Waals surface area contributed by atoms with Crippen LogP contribution in [-0.2, 0) is 4.74 Å². The van der Waals surface area contributed by atoms with E-state index in [0.717, 1.165) is 16.8 Å². The zero-order chi connectivity index (χ0) is 105. The number of ether oxygens (including phenoxy) is 1. The normalized spacial score (nSPS) is 10.1. The summed E-state index contributed by atoms with van der Waals surface area (Å²) >= 11 is 0. The number of aromatic amines is 1. The van der Waals surface area contributed by atoms with Crippen LogP contribution in [0.1, 0.15) is 123 Å². The van der Waals surface area contributed by atoms with Gasteiger partial charge >= 0.3 is 30.8 Å². The average molecular weight is 1990 g/mol. The number of rotatable bonds is 30. The molecular formula is C98H99FLiN35O12. The zero-order valence-electron chi connectivity index (χ0n) is 82.0. The number of benzene rings is 5. The number of carboxylic acids is 1. The number of carboxylic acid groups (broad SMARTS) is 1. The minimum atomic E-state index is -1.03. The molecule has 0 aliphatic rings. The fourth-order valence-corrected chi connectivity index (χ4v) is 13.3. The minimum Gasteiger partial charge on any atom is -0.870 e. The van der Waals surface area contributed by atoms with Gasteiger partial charge in [0.2, 0.25) is 11.8 Å². The van der Waals surface area contributed by atoms with E-state index < -0.39 is 54.5 Å². The molecule has 0 aliphatic carbocycles. The first-order valence-electron chi connectivity index (χ1n) is 44.1. The summed E-state index contributed by atoms with van der Waals surface area (Å²) in [5, 5.41) is 100. The number of hydrogen-bond acceptors (Lipinski definition) is 38. The van der Waals surface area contributed by atoms with Crippen molar-refractivity contribution in [2.24, 2.45) is 11.5 Å². The van der Waals surface area contributed by atoms with Crippen LogP contribution in [0.15, 0.2) is 250 Å². The van der Waals surface area contributed by atoms with Crippen molar-refractivity contribution in [2.45, 2.75) is 34.6 Å². The summed E-state index contributed by atoms with van der Waals surface area (Å²) in [7, 11) is 7.89. The number of hydrogen-bond donors (Lipinski definition) is 19. The molecule has 147 heavy (non-hydrogen) atoms. The fraction of sp³-hybridized carbons (Fsp3) is 0.122. The van der Waals surface area contributed by atoms with E-state index in [9.17, 15) is 52.6 Å². The Hall–Kier alpha value is -19.9. The van der Waals surface area contributed by atoms with E-state index >= 15 is 0 Å². The first-order chi connectivity index (χ1) is 70.6. The monoisotopic (exact) mass is 1980 g/mol. The molecule has 0 atom stereocenters. The van der Waals surface area contributed by atoms with E-state index in [0.29, 0.717) is 154 Å². The third-order valence-corrected chi connectivity index (χ3v) is 20.6. The number of pyridine rings is 5. The summed E-state index contributed by atoms with van der Waals surface area (Å²) in [4.78, 5) is 133. The molecular weight excluding hydrogens is 1890 g/mol. The van der Waals surface area contributed by atoms with Crippen LogP contribution in [0.3, 0.4) is 0 Å². The van der Waals surface area contributed by atoms with Gasteiger partial charge in [0.05, 0.1) is 55.2 Å². The molecule has 16 aromatic rings. The molecule has 0 bridgehead atoms. The maximum absolute atomic E-state index is 12.3. The van der Waals surface area contributed by atoms with Gasteiger partial charge in [0.25, 0.3) is 29.5 Å². The third kappa shape index (κ3) is 30.1. The number of nitrogens with zero attached hydrogens (tertiary/aromatic N) is 17. The van der Waals surface area contributed by atoms with Gasteiger partial charge in [-0.1, -0.05) is 66.7 Å². The number of carbonyl (C=O) groups excluding carboxylic acids is 8. The van der Waals surface area contributed by atoms with Crippen LogP contribution in [-0.4, -0.2) is 204 Å². The Morgan fingerprint density at radius 2 is 0.565 bits per heavy atom. The molecule has 11 heterocycles. The third-order valence-electron chi connectivity index (χ3n) is 20.6. The number of primary amides is 2. The Kier molecular flexibility index (Phi) is 40.5. The topological polar surface area (TPSA) is 680 Å². The predicted molar refractivity (Wildman–Crippen MR) is 547 cm³/mol. The van der Waals surface area contributed by atoms with Crippen molar-refractivity contribution in [2.75, 3.05) is 103 Å². The van der Waals surface area contributed by atoms with Crippen molar-refractivity contribution in [3.8, 4) is 11.4 Å². The summed E-state index contributed by atoms with van der Waals surface area (Å²) in [5.41, 5.74) is 22.5. The number of nitrogens with one attached hydrogen (secondary N) is 16. The van der Waals surface area contributed by atoms with E-state index in [2.05, 4.69) is 171 Å². The van der Waals surface area contributed by atoms with Crippen LogP contribution in [0.25, 0.3) is 11.4 Å². The number of aromatic carboxylic acids is 1. The molecule has 5 aromatic carbocycles. The van der Waals surface area contributed by atoms with Gasteiger partial charge < -0.3 is 107 Å². The van der Waals surface area contributed by atoms with Gasteiger partial charge in [-0.3, -0.25) is 43.1 Å². The molecule has 49 heteroatoms. The minimum absolute atomic E-state index is 0. The van der Waals surface area contributed by atoms with Crippen LogP contribution in [0, 0.1) is 34.6 Å². The van der Waals surface area contributed by atoms with E-state index in [1.807, 2.05) is 67.6 Å². The van der Waals surface area contributed by atoms with Crippen molar-refractivity contribution in [3.05, 3.63) is 328 Å². The smallest absolute Gasteiger partial charge is 0.870 e. The molecule has 0 spiro atoms. The van der Waals surface area contributed by atoms with Gasteiger partial charge in [-0.2, -0.15) is 5.10 Å². The number of alkyl halides is 1. The largest absolute Gasteiger partial charge is 1.00 e. The molecule has 0 radical (unpaired) electrons. The van der Waals surface area contributed by atoms with E-state index in [1.54, 1.807) is 211 Å². The number of nitrogens with two attached hydrogens (primary N) is 2. The standard InChI is InChI=1S/C20H19N9O.C20H20N6O3.2C19H19N7O2.C19H18N6O3.CH3F.Li.H2O/c1-12-13(19-23-11-24-29-19)6-5-7-14(12)25-15-10-17(26-16-8-3-4-9-22-16)27-28-18(15)20(30)21-2;1-12-13(20(28)29-3)7-6-8-14(12)23-15-11-17(24-16-9-4-5-10-22-16)25-26-18(15)19(27)21-2;2*1-11-12(18(20)27)6-5-7-13(11)23-14-10-16(24-15-8-3-4-9-22-15)25-26-17(14)19(28)21-2;1-11-12(19(27)28)6-5-7-13(11)22-14-10-16(23-15-8-3-4-9-21-15)24-25-17(14)18(26)20-2;1-2;;/h3-11H,1-2H3,(H,21,30)(H,23,24,29)(H2,22,25,26,27);4-11H,1-3H3,(H,21,27)(H2,22,23,24,25);2*3-10H,1-2H3,(H2,20,27)(H,21,28)(H2,22,23,24,25);3-10H,1-2H3,(H,20,26)(H,27,28)(H2,21,22,23,24);1H3;;1H2/q;;;;;;+1;/p-1/i;;;;;1D;;. The maximum Gasteiger partial charge on any atom is 1.00 e. The Balaban J connectivity index is 0.000000203. The molecule has 7 amide bonds. The number of anilines is 20. The molecule has 0 unspecified atom stereocenters. The van der Waals surface area contributed by atoms with Gasteiger partial charge in [0.1, 0.15) is 35.4 Å². The second kappa shape index (κ2) is 54.6. The number of esters is 1. The van der Waals surface area contributed by atoms with E-state index in [1.165, 1.54) is 47.7 Å². The van der Waals surface area contributed by atoms with Gasteiger partial charge in [0, 0.05) is 142 Å². The Morgan fingerprint density at radius 3 is 0.796 bits per heavy atom. The summed E-state index contributed by atoms with van der Waals surface area (Å²) in [6.07, 6.45) is 9.70. The first-order valence-corrected chi connectivity index (χ1v) is 43.4. The molecule has 0 saturated carbocycles. The maximum atomic E-state index is 12.3. The van der Waals surface area contributed by atoms with Crippen molar-refractivity contribution in [3.63, 3.8) is 0 Å². The number of amides is 7. The van der Waals surface area contributed by atoms with Crippen LogP contribution in [0.4, 0.5) is 119 Å². The number of methoxy groups -OCH3 is 1. The summed E-state index contributed by atoms with van der Waals surface area (Å²) in [6, 6.07) is 61.4. The quantitative estimate of drug-likeness (QED) is 0.0147. The molecule has 746 valence electrons. The van der Waals surface area contributed by atoms with Gasteiger partial charge in [0.15, 0.2) is 63.4 Å². The molecule has 0 aliphatic heterocycles. The molecule has 0 fully saturated rings. The molecule has 47 nitrogen and oxygen atoms in total. The second-order valence-electron chi connectivity index (χ2n) is 29.9. The van der Waals surface area contributed by atoms with Crippen LogP contribution >= 0.6 is 0 Å². The molecule has 0 saturated heterocycles. The zero-order valence-corrected chi connectivity index (χ0v) is 81.0. The van der Waals surface area contributed by atoms with Crippen molar-refractivity contribution in [1.82, 2.24) is 118 Å². The first kappa shape index (κ1) is 109. The SMILES string of the molecule is CNC(=O)c1nnc(Nc2ccccn2)cc1Nc1cccc(-c2ncn[nH]2)c1C.CNC(=O)c1nnc(Nc2ccccn2)cc1Nc1cccc(C(=O)O)c1C.CNC(=O)c1nnc(Nc2ccccn2)cc1Nc1cccc(C(=O)OC)c1C.CNC(=O)c1nnc(Nc2ccccn2)cc1Nc1cccc(C(N)=O)c1C.CNC(=O)c1nnc(Nc2ccccn2)cc1Nc1cccc(C(N)=O)c1C.[2H]CF.[Li+].[OH-]. The van der Waals surface area contributed by atoms with E-state index in [4.69, 9.17) is 17.6 Å². The Morgan fingerprint density at radius 1 is 0.320 bits per heavy atom. The summed E-state index contributed by atoms with van der Waals surface area (Å²) in [5.74, 6) is 1.14. The van der Waals surface area contributed by atoms with Crippen molar-refractivity contribution in [1.29, 1.82) is 0 Å². The number of halogens is 1. The van der Waals surface area contributed by atoms with Crippen molar-refractivity contribution < 1.29 is 83.1 Å². The summed E-state index contributed by atoms with van der Waals surface area (Å²) < 4.78 is 20.3. The molecule has 11 aromatic heterocycles. The average Bonchev–Trinajstić information content (AvgIpc) is 0.959. The number of carbonyl (C=O) groups is 9. The van der Waals surface area contributed by atoms with E-state index in [-0.39, 0.29) is 64.3 Å². The molecule has 16 rings (SSSR count). The second-order valence-corrected chi connectivity index (χ2v) is 29.9. The molecule has 22 N–H and O–H groups in total. The Bertz CT molecular complexity index is 6910.